The zero-order chi connectivity index (χ0) is 14.6. The van der Waals surface area contributed by atoms with Crippen LogP contribution in [0.5, 0.6) is 0 Å². The van der Waals surface area contributed by atoms with Crippen molar-refractivity contribution in [2.45, 2.75) is 26.2 Å². The highest BCUT2D eigenvalue weighted by Crippen LogP contribution is 2.23. The van der Waals surface area contributed by atoms with E-state index in [1.165, 1.54) is 5.56 Å². The molecule has 2 rings (SSSR count). The number of nitrogens with one attached hydrogen (secondary N) is 2. The van der Waals surface area contributed by atoms with Crippen molar-refractivity contribution >= 4 is 17.7 Å². The lowest BCUT2D eigenvalue weighted by Crippen LogP contribution is -2.20. The number of hydrogen-bond donors (Lipinski definition) is 2. The average Bonchev–Trinajstić information content (AvgIpc) is 2.39. The van der Waals surface area contributed by atoms with E-state index in [-0.39, 0.29) is 17.4 Å². The standard InChI is InChI=1S/C15H18N4O/c1-15(2,3)11-5-7-12(8-6-11)18-14(20)19-13-16-9-4-10-17-13/h4-10H,1-3H3,(H2,16,17,18,19,20). The SMILES string of the molecule is CC(C)(C)c1ccc(NC(=O)Nc2ncccn2)cc1. The molecule has 20 heavy (non-hydrogen) atoms. The minimum absolute atomic E-state index is 0.0959. The van der Waals surface area contributed by atoms with Gasteiger partial charge in [0.2, 0.25) is 5.95 Å². The highest BCUT2D eigenvalue weighted by atomic mass is 16.2. The van der Waals surface area contributed by atoms with Crippen molar-refractivity contribution in [3.05, 3.63) is 48.3 Å². The Balaban J connectivity index is 1.98. The largest absolute Gasteiger partial charge is 0.326 e. The van der Waals surface area contributed by atoms with Crippen LogP contribution in [-0.4, -0.2) is 16.0 Å². The van der Waals surface area contributed by atoms with Crippen molar-refractivity contribution in [1.29, 1.82) is 0 Å². The van der Waals surface area contributed by atoms with Crippen molar-refractivity contribution in [2.24, 2.45) is 0 Å². The minimum atomic E-state index is -0.361. The van der Waals surface area contributed by atoms with Crippen molar-refractivity contribution in [3.63, 3.8) is 0 Å². The minimum Gasteiger partial charge on any atom is -0.308 e. The van der Waals surface area contributed by atoms with E-state index in [0.717, 1.165) is 5.69 Å². The fourth-order valence-electron chi connectivity index (χ4n) is 1.68. The van der Waals surface area contributed by atoms with Gasteiger partial charge in [-0.05, 0) is 29.2 Å². The van der Waals surface area contributed by atoms with E-state index >= 15 is 0 Å². The van der Waals surface area contributed by atoms with Crippen molar-refractivity contribution in [1.82, 2.24) is 9.97 Å². The predicted octanol–water partition coefficient (Wildman–Crippen LogP) is 3.42. The molecule has 0 aliphatic carbocycles. The van der Waals surface area contributed by atoms with E-state index < -0.39 is 0 Å². The second kappa shape index (κ2) is 5.69. The van der Waals surface area contributed by atoms with E-state index in [1.54, 1.807) is 18.5 Å². The lowest BCUT2D eigenvalue weighted by Gasteiger charge is -2.19. The number of hydrogen-bond acceptors (Lipinski definition) is 3. The highest BCUT2D eigenvalue weighted by molar-refractivity contribution is 5.98. The average molecular weight is 270 g/mol. The smallest absolute Gasteiger partial charge is 0.308 e. The molecule has 104 valence electrons. The summed E-state index contributed by atoms with van der Waals surface area (Å²) in [6.07, 6.45) is 3.14. The fraction of sp³-hybridized carbons (Fsp3) is 0.267. The summed E-state index contributed by atoms with van der Waals surface area (Å²) in [5, 5.41) is 5.30. The Bertz CT molecular complexity index is 573. The molecule has 5 nitrogen and oxygen atoms in total. The van der Waals surface area contributed by atoms with Gasteiger partial charge in [0.05, 0.1) is 0 Å². The number of amides is 2. The third kappa shape index (κ3) is 3.78. The van der Waals surface area contributed by atoms with Crippen molar-refractivity contribution in [2.75, 3.05) is 10.6 Å². The molecule has 0 saturated heterocycles. The molecule has 2 amide bonds. The quantitative estimate of drug-likeness (QED) is 0.878. The molecular formula is C15H18N4O. The first-order chi connectivity index (χ1) is 9.45. The zero-order valence-electron chi connectivity index (χ0n) is 11.8. The van der Waals surface area contributed by atoms with Crippen LogP contribution < -0.4 is 10.6 Å². The Hall–Kier alpha value is -2.43. The predicted molar refractivity (Wildman–Crippen MR) is 79.8 cm³/mol. The van der Waals surface area contributed by atoms with Crippen LogP contribution in [0.25, 0.3) is 0 Å². The van der Waals surface area contributed by atoms with Gasteiger partial charge in [0.15, 0.2) is 0 Å². The Morgan fingerprint density at radius 3 is 2.15 bits per heavy atom. The molecule has 0 saturated carbocycles. The molecule has 1 heterocycles. The lowest BCUT2D eigenvalue weighted by molar-refractivity contribution is 0.262. The molecule has 0 atom stereocenters. The van der Waals surface area contributed by atoms with Crippen LogP contribution in [0.2, 0.25) is 0 Å². The van der Waals surface area contributed by atoms with Crippen LogP contribution in [0.4, 0.5) is 16.4 Å². The molecule has 1 aromatic carbocycles. The van der Waals surface area contributed by atoms with Crippen LogP contribution in [0.1, 0.15) is 26.3 Å². The maximum atomic E-state index is 11.8. The van der Waals surface area contributed by atoms with Crippen LogP contribution >= 0.6 is 0 Å². The summed E-state index contributed by atoms with van der Waals surface area (Å²) in [5.41, 5.74) is 2.04. The molecule has 0 spiro atoms. The van der Waals surface area contributed by atoms with Gasteiger partial charge in [0, 0.05) is 18.1 Å². The molecule has 2 N–H and O–H groups in total. The highest BCUT2D eigenvalue weighted by Gasteiger charge is 2.13. The van der Waals surface area contributed by atoms with Gasteiger partial charge >= 0.3 is 6.03 Å². The van der Waals surface area contributed by atoms with Gasteiger partial charge in [-0.3, -0.25) is 5.32 Å². The Kier molecular flexibility index (Phi) is 3.98. The number of anilines is 2. The fourth-order valence-corrected chi connectivity index (χ4v) is 1.68. The van der Waals surface area contributed by atoms with Gasteiger partial charge in [0.25, 0.3) is 0 Å². The summed E-state index contributed by atoms with van der Waals surface area (Å²) >= 11 is 0. The number of urea groups is 1. The van der Waals surface area contributed by atoms with E-state index in [0.29, 0.717) is 0 Å². The molecule has 0 bridgehead atoms. The third-order valence-electron chi connectivity index (χ3n) is 2.80. The Morgan fingerprint density at radius 2 is 1.60 bits per heavy atom. The number of carbonyl (C=O) groups is 1. The first-order valence-electron chi connectivity index (χ1n) is 6.41. The summed E-state index contributed by atoms with van der Waals surface area (Å²) in [5.74, 6) is 0.274. The number of nitrogens with zero attached hydrogens (tertiary/aromatic N) is 2. The van der Waals surface area contributed by atoms with Gasteiger partial charge in [-0.15, -0.1) is 0 Å². The van der Waals surface area contributed by atoms with Gasteiger partial charge in [-0.2, -0.15) is 0 Å². The monoisotopic (exact) mass is 270 g/mol. The van der Waals surface area contributed by atoms with Gasteiger partial charge < -0.3 is 5.32 Å². The Morgan fingerprint density at radius 1 is 1.00 bits per heavy atom. The van der Waals surface area contributed by atoms with E-state index in [4.69, 9.17) is 0 Å². The number of rotatable bonds is 2. The summed E-state index contributed by atoms with van der Waals surface area (Å²) in [6, 6.07) is 9.11. The molecule has 0 aliphatic rings. The third-order valence-corrected chi connectivity index (χ3v) is 2.80. The second-order valence-electron chi connectivity index (χ2n) is 5.48. The maximum Gasteiger partial charge on any atom is 0.326 e. The number of aromatic nitrogens is 2. The summed E-state index contributed by atoms with van der Waals surface area (Å²) < 4.78 is 0. The van der Waals surface area contributed by atoms with Crippen molar-refractivity contribution in [3.8, 4) is 0 Å². The molecule has 0 fully saturated rings. The zero-order valence-corrected chi connectivity index (χ0v) is 11.8. The molecular weight excluding hydrogens is 252 g/mol. The normalized spacial score (nSPS) is 10.9. The van der Waals surface area contributed by atoms with Gasteiger partial charge in [-0.25, -0.2) is 14.8 Å². The molecule has 0 unspecified atom stereocenters. The van der Waals surface area contributed by atoms with Crippen LogP contribution in [0.15, 0.2) is 42.7 Å². The summed E-state index contributed by atoms with van der Waals surface area (Å²) in [6.45, 7) is 6.44. The molecule has 1 aromatic heterocycles. The van der Waals surface area contributed by atoms with E-state index in [1.807, 2.05) is 24.3 Å². The van der Waals surface area contributed by atoms with Crippen LogP contribution in [0.3, 0.4) is 0 Å². The number of benzene rings is 1. The topological polar surface area (TPSA) is 66.9 Å². The van der Waals surface area contributed by atoms with Gasteiger partial charge in [-0.1, -0.05) is 32.9 Å². The Labute approximate surface area is 118 Å². The first-order valence-corrected chi connectivity index (χ1v) is 6.41. The number of carbonyl (C=O) groups excluding carboxylic acids is 1. The van der Waals surface area contributed by atoms with E-state index in [9.17, 15) is 4.79 Å². The summed E-state index contributed by atoms with van der Waals surface area (Å²) in [7, 11) is 0. The first kappa shape index (κ1) is 14.0. The lowest BCUT2D eigenvalue weighted by atomic mass is 9.87. The van der Waals surface area contributed by atoms with Gasteiger partial charge in [0.1, 0.15) is 0 Å². The summed E-state index contributed by atoms with van der Waals surface area (Å²) in [4.78, 5) is 19.6. The molecule has 5 heteroatoms. The molecule has 0 radical (unpaired) electrons. The molecule has 0 aliphatic heterocycles. The van der Waals surface area contributed by atoms with E-state index in [2.05, 4.69) is 41.4 Å². The maximum absolute atomic E-state index is 11.8. The van der Waals surface area contributed by atoms with Crippen LogP contribution in [0, 0.1) is 0 Å². The van der Waals surface area contributed by atoms with Crippen molar-refractivity contribution < 1.29 is 4.79 Å². The van der Waals surface area contributed by atoms with Crippen LogP contribution in [-0.2, 0) is 5.41 Å². The second-order valence-corrected chi connectivity index (χ2v) is 5.48. The molecule has 2 aromatic rings.